The molecule has 8 heteroatoms. The van der Waals surface area contributed by atoms with Gasteiger partial charge in [0, 0.05) is 12.1 Å². The second kappa shape index (κ2) is 8.75. The highest BCUT2D eigenvalue weighted by Gasteiger charge is 2.40. The summed E-state index contributed by atoms with van der Waals surface area (Å²) in [6.07, 6.45) is -3.80. The van der Waals surface area contributed by atoms with Crippen molar-refractivity contribution in [2.24, 2.45) is 0 Å². The molecule has 0 unspecified atom stereocenters. The highest BCUT2D eigenvalue weighted by molar-refractivity contribution is 5.94. The molecule has 0 aliphatic carbocycles. The maximum atomic E-state index is 12.8. The van der Waals surface area contributed by atoms with E-state index < -0.39 is 24.9 Å². The van der Waals surface area contributed by atoms with Crippen LogP contribution < -0.4 is 5.32 Å². The summed E-state index contributed by atoms with van der Waals surface area (Å²) in [7, 11) is 0. The molecule has 3 nitrogen and oxygen atoms in total. The average Bonchev–Trinajstić information content (AvgIpc) is 2.61. The van der Waals surface area contributed by atoms with E-state index in [1.165, 1.54) is 48.5 Å². The lowest BCUT2D eigenvalue weighted by Crippen LogP contribution is -2.32. The van der Waals surface area contributed by atoms with Gasteiger partial charge in [-0.05, 0) is 35.4 Å². The molecular weight excluding hydrogens is 357 g/mol. The summed E-state index contributed by atoms with van der Waals surface area (Å²) in [6, 6.07) is 11.6. The van der Waals surface area contributed by atoms with Crippen LogP contribution >= 0.6 is 0 Å². The second-order valence-electron chi connectivity index (χ2n) is 5.56. The molecule has 0 saturated carbocycles. The van der Waals surface area contributed by atoms with Crippen LogP contribution in [0, 0.1) is 5.82 Å². The Morgan fingerprint density at radius 1 is 1.08 bits per heavy atom. The number of alkyl halides is 4. The largest absolute Gasteiger partial charge is 0.370 e. The molecule has 0 heterocycles. The fourth-order valence-electron chi connectivity index (χ4n) is 2.06. The Morgan fingerprint density at radius 3 is 2.42 bits per heavy atom. The van der Waals surface area contributed by atoms with Crippen LogP contribution in [0.4, 0.5) is 22.0 Å². The molecular formula is C18H16F5NO2. The summed E-state index contributed by atoms with van der Waals surface area (Å²) in [4.78, 5) is 12.1. The van der Waals surface area contributed by atoms with Crippen LogP contribution in [0.15, 0.2) is 48.5 Å². The summed E-state index contributed by atoms with van der Waals surface area (Å²) in [6.45, 7) is -1.56. The topological polar surface area (TPSA) is 38.3 Å². The van der Waals surface area contributed by atoms with Gasteiger partial charge in [-0.25, -0.2) is 13.2 Å². The van der Waals surface area contributed by atoms with Crippen LogP contribution in [0.5, 0.6) is 0 Å². The van der Waals surface area contributed by atoms with Crippen LogP contribution in [0.1, 0.15) is 21.5 Å². The summed E-state index contributed by atoms with van der Waals surface area (Å²) in [5.41, 5.74) is 1.35. The van der Waals surface area contributed by atoms with Crippen LogP contribution in [-0.2, 0) is 17.9 Å². The fraction of sp³-hybridized carbons (Fsp3) is 0.278. The van der Waals surface area contributed by atoms with Gasteiger partial charge < -0.3 is 10.1 Å². The second-order valence-corrected chi connectivity index (χ2v) is 5.56. The number of halogens is 5. The van der Waals surface area contributed by atoms with Crippen LogP contribution in [0.3, 0.4) is 0 Å². The lowest BCUT2D eigenvalue weighted by molar-refractivity contribution is -0.168. The Hall–Kier alpha value is -2.48. The molecule has 0 fully saturated rings. The highest BCUT2D eigenvalue weighted by Crippen LogP contribution is 2.23. The summed E-state index contributed by atoms with van der Waals surface area (Å²) in [5.74, 6) is -5.02. The Labute approximate surface area is 146 Å². The van der Waals surface area contributed by atoms with E-state index in [9.17, 15) is 26.7 Å². The maximum absolute atomic E-state index is 12.8. The Balaban J connectivity index is 1.89. The third-order valence-corrected chi connectivity index (χ3v) is 3.44. The third-order valence-electron chi connectivity index (χ3n) is 3.44. The van der Waals surface area contributed by atoms with Gasteiger partial charge in [0.05, 0.1) is 6.61 Å². The van der Waals surface area contributed by atoms with Gasteiger partial charge in [-0.3, -0.25) is 4.79 Å². The molecule has 2 rings (SSSR count). The predicted molar refractivity (Wildman–Crippen MR) is 84.6 cm³/mol. The molecule has 26 heavy (non-hydrogen) atoms. The molecule has 0 aliphatic rings. The standard InChI is InChI=1S/C18H16F5NO2/c19-15-6-4-12(5-7-15)9-24-16(25)14-3-1-2-13(8-14)10-26-11-18(22,23)17(20)21/h1-8,17H,9-11H2,(H,24,25). The number of carbonyl (C=O) groups is 1. The van der Waals surface area contributed by atoms with E-state index in [0.717, 1.165) is 0 Å². The normalized spacial score (nSPS) is 11.6. The summed E-state index contributed by atoms with van der Waals surface area (Å²) < 4.78 is 67.1. The minimum Gasteiger partial charge on any atom is -0.370 e. The highest BCUT2D eigenvalue weighted by atomic mass is 19.3. The van der Waals surface area contributed by atoms with E-state index >= 15 is 0 Å². The maximum Gasteiger partial charge on any atom is 0.330 e. The monoisotopic (exact) mass is 373 g/mol. The van der Waals surface area contributed by atoms with Gasteiger partial charge in [0.15, 0.2) is 0 Å². The molecule has 0 atom stereocenters. The first-order valence-corrected chi connectivity index (χ1v) is 7.63. The molecule has 0 bridgehead atoms. The van der Waals surface area contributed by atoms with Crippen molar-refractivity contribution >= 4 is 5.91 Å². The van der Waals surface area contributed by atoms with E-state index in [2.05, 4.69) is 10.1 Å². The first kappa shape index (κ1) is 19.8. The van der Waals surface area contributed by atoms with Gasteiger partial charge in [-0.1, -0.05) is 24.3 Å². The summed E-state index contributed by atoms with van der Waals surface area (Å²) >= 11 is 0. The van der Waals surface area contributed by atoms with Gasteiger partial charge in [-0.15, -0.1) is 0 Å². The minimum atomic E-state index is -4.22. The van der Waals surface area contributed by atoms with Crippen LogP contribution in [0.2, 0.25) is 0 Å². The Bertz CT molecular complexity index is 735. The van der Waals surface area contributed by atoms with Crippen molar-refractivity contribution in [3.8, 4) is 0 Å². The SMILES string of the molecule is O=C(NCc1ccc(F)cc1)c1cccc(COCC(F)(F)C(F)F)c1. The molecule has 2 aromatic rings. The van der Waals surface area contributed by atoms with E-state index in [0.29, 0.717) is 11.1 Å². The number of ether oxygens (including phenoxy) is 1. The van der Waals surface area contributed by atoms with Crippen LogP contribution in [-0.4, -0.2) is 24.9 Å². The summed E-state index contributed by atoms with van der Waals surface area (Å²) in [5, 5.41) is 2.64. The lowest BCUT2D eigenvalue weighted by Gasteiger charge is -2.15. The molecule has 1 amide bonds. The molecule has 0 aliphatic heterocycles. The zero-order chi connectivity index (χ0) is 19.2. The first-order chi connectivity index (χ1) is 12.3. The van der Waals surface area contributed by atoms with E-state index in [1.807, 2.05) is 0 Å². The number of amides is 1. The van der Waals surface area contributed by atoms with Gasteiger partial charge in [0.25, 0.3) is 5.91 Å². The fourth-order valence-corrected chi connectivity index (χ4v) is 2.06. The third kappa shape index (κ3) is 5.80. The number of benzene rings is 2. The van der Waals surface area contributed by atoms with Crippen molar-refractivity contribution in [2.45, 2.75) is 25.5 Å². The van der Waals surface area contributed by atoms with Gasteiger partial charge >= 0.3 is 12.3 Å². The Kier molecular flexibility index (Phi) is 6.68. The zero-order valence-corrected chi connectivity index (χ0v) is 13.5. The van der Waals surface area contributed by atoms with Gasteiger partial charge in [-0.2, -0.15) is 8.78 Å². The number of rotatable bonds is 8. The Morgan fingerprint density at radius 2 is 1.77 bits per heavy atom. The number of nitrogens with one attached hydrogen (secondary N) is 1. The van der Waals surface area contributed by atoms with Crippen molar-refractivity contribution in [1.82, 2.24) is 5.32 Å². The van der Waals surface area contributed by atoms with Crippen molar-refractivity contribution in [1.29, 1.82) is 0 Å². The molecule has 140 valence electrons. The quantitative estimate of drug-likeness (QED) is 0.706. The number of hydrogen-bond donors (Lipinski definition) is 1. The zero-order valence-electron chi connectivity index (χ0n) is 13.5. The van der Waals surface area contributed by atoms with Crippen molar-refractivity contribution in [2.75, 3.05) is 6.61 Å². The van der Waals surface area contributed by atoms with Gasteiger partial charge in [0.2, 0.25) is 0 Å². The molecule has 0 spiro atoms. The minimum absolute atomic E-state index is 0.181. The molecule has 2 aromatic carbocycles. The molecule has 0 saturated heterocycles. The smallest absolute Gasteiger partial charge is 0.330 e. The van der Waals surface area contributed by atoms with Gasteiger partial charge in [0.1, 0.15) is 12.4 Å². The number of hydrogen-bond acceptors (Lipinski definition) is 2. The first-order valence-electron chi connectivity index (χ1n) is 7.63. The molecule has 0 radical (unpaired) electrons. The molecule has 0 aromatic heterocycles. The van der Waals surface area contributed by atoms with E-state index in [1.54, 1.807) is 0 Å². The molecule has 1 N–H and O–H groups in total. The van der Waals surface area contributed by atoms with E-state index in [4.69, 9.17) is 0 Å². The van der Waals surface area contributed by atoms with Crippen LogP contribution in [0.25, 0.3) is 0 Å². The van der Waals surface area contributed by atoms with Crippen molar-refractivity contribution in [3.05, 3.63) is 71.0 Å². The van der Waals surface area contributed by atoms with Crippen molar-refractivity contribution in [3.63, 3.8) is 0 Å². The van der Waals surface area contributed by atoms with E-state index in [-0.39, 0.29) is 24.5 Å². The lowest BCUT2D eigenvalue weighted by atomic mass is 10.1. The number of carbonyl (C=O) groups excluding carboxylic acids is 1. The average molecular weight is 373 g/mol. The predicted octanol–water partition coefficient (Wildman–Crippen LogP) is 4.17. The van der Waals surface area contributed by atoms with Crippen molar-refractivity contribution < 1.29 is 31.5 Å².